The van der Waals surface area contributed by atoms with Crippen LogP contribution >= 0.6 is 0 Å². The second-order valence-electron chi connectivity index (χ2n) is 12.6. The zero-order valence-corrected chi connectivity index (χ0v) is 21.5. The Morgan fingerprint density at radius 1 is 0.419 bits per heavy atom. The lowest BCUT2D eigenvalue weighted by atomic mass is 9.31. The van der Waals surface area contributed by atoms with Crippen LogP contribution in [-0.4, -0.2) is 10.7 Å². The van der Waals surface area contributed by atoms with Gasteiger partial charge in [0.25, 0.3) is 0 Å². The Morgan fingerprint density at radius 2 is 0.742 bits per heavy atom. The molecule has 1 nitrogen and oxygen atoms in total. The molecule has 0 aromatic rings. The van der Waals surface area contributed by atoms with Gasteiger partial charge in [-0.2, -0.15) is 0 Å². The molecule has 0 saturated heterocycles. The summed E-state index contributed by atoms with van der Waals surface area (Å²) in [6, 6.07) is 0. The fourth-order valence-corrected chi connectivity index (χ4v) is 10.8. The maximum atomic E-state index is 13.6. The van der Waals surface area contributed by atoms with E-state index in [1.165, 1.54) is 135 Å². The molecule has 0 spiro atoms. The molecule has 1 unspecified atom stereocenters. The van der Waals surface area contributed by atoms with Gasteiger partial charge in [0.2, 0.25) is 0 Å². The van der Waals surface area contributed by atoms with Gasteiger partial charge in [0.05, 0.1) is 5.60 Å². The van der Waals surface area contributed by atoms with Crippen LogP contribution in [0, 0.1) is 21.7 Å². The van der Waals surface area contributed by atoms with Crippen molar-refractivity contribution >= 4 is 0 Å². The van der Waals surface area contributed by atoms with Crippen LogP contribution in [0.2, 0.25) is 0 Å². The summed E-state index contributed by atoms with van der Waals surface area (Å²) >= 11 is 0. The van der Waals surface area contributed by atoms with Crippen molar-refractivity contribution in [3.63, 3.8) is 0 Å². The summed E-state index contributed by atoms with van der Waals surface area (Å²) in [6.07, 6.45) is 29.6. The molecule has 0 heterocycles. The predicted octanol–water partition coefficient (Wildman–Crippen LogP) is 9.36. The third-order valence-electron chi connectivity index (χ3n) is 12.2. The Balaban J connectivity index is 1.97. The molecule has 31 heavy (non-hydrogen) atoms. The van der Waals surface area contributed by atoms with E-state index in [4.69, 9.17) is 0 Å². The number of aliphatic hydroxyl groups is 1. The Bertz CT molecular complexity index is 547. The molecule has 180 valence electrons. The molecule has 1 heteroatoms. The maximum Gasteiger partial charge on any atom is 0.0770 e. The molecule has 0 aromatic heterocycles. The van der Waals surface area contributed by atoms with Crippen LogP contribution in [0.3, 0.4) is 0 Å². The lowest BCUT2D eigenvalue weighted by molar-refractivity contribution is -0.310. The maximum absolute atomic E-state index is 13.6. The van der Waals surface area contributed by atoms with Crippen molar-refractivity contribution in [2.45, 2.75) is 168 Å². The largest absolute Gasteiger partial charge is 0.389 e. The molecular weight excluding hydrogens is 376 g/mol. The summed E-state index contributed by atoms with van der Waals surface area (Å²) in [7, 11) is 0. The second-order valence-corrected chi connectivity index (χ2v) is 12.6. The summed E-state index contributed by atoms with van der Waals surface area (Å²) in [6.45, 7) is 7.49. The van der Waals surface area contributed by atoms with Crippen molar-refractivity contribution in [2.75, 3.05) is 0 Å². The van der Waals surface area contributed by atoms with Crippen molar-refractivity contribution in [3.8, 4) is 0 Å². The van der Waals surface area contributed by atoms with E-state index in [9.17, 15) is 5.11 Å². The third-order valence-corrected chi connectivity index (χ3v) is 12.2. The average molecular weight is 431 g/mol. The van der Waals surface area contributed by atoms with Crippen LogP contribution in [-0.2, 0) is 0 Å². The molecule has 0 bridgehead atoms. The fourth-order valence-electron chi connectivity index (χ4n) is 10.8. The Hall–Kier alpha value is -0.0400. The van der Waals surface area contributed by atoms with E-state index in [1.54, 1.807) is 0 Å². The minimum Gasteiger partial charge on any atom is -0.389 e. The Morgan fingerprint density at radius 3 is 1.13 bits per heavy atom. The molecule has 0 radical (unpaired) electrons. The van der Waals surface area contributed by atoms with E-state index in [2.05, 4.69) is 20.8 Å². The quantitative estimate of drug-likeness (QED) is 0.445. The average Bonchev–Trinajstić information content (AvgIpc) is 2.85. The van der Waals surface area contributed by atoms with Crippen LogP contribution < -0.4 is 0 Å². The van der Waals surface area contributed by atoms with Gasteiger partial charge < -0.3 is 5.11 Å². The van der Waals surface area contributed by atoms with Crippen LogP contribution in [0.4, 0.5) is 0 Å². The summed E-state index contributed by atoms with van der Waals surface area (Å²) in [5, 5.41) is 13.6. The van der Waals surface area contributed by atoms with Crippen LogP contribution in [0.25, 0.3) is 0 Å². The first-order chi connectivity index (χ1) is 15.0. The van der Waals surface area contributed by atoms with E-state index in [0.717, 1.165) is 6.42 Å². The minimum atomic E-state index is -0.450. The summed E-state index contributed by atoms with van der Waals surface area (Å²) in [5.74, 6) is 0. The Labute approximate surface area is 194 Å². The molecule has 1 N–H and O–H groups in total. The van der Waals surface area contributed by atoms with Gasteiger partial charge in [-0.1, -0.05) is 91.4 Å². The summed E-state index contributed by atoms with van der Waals surface area (Å²) in [5.41, 5.74) is 0.600. The topological polar surface area (TPSA) is 20.2 Å². The molecule has 4 aliphatic rings. The molecule has 4 aliphatic carbocycles. The highest BCUT2D eigenvalue weighted by Crippen LogP contribution is 2.77. The van der Waals surface area contributed by atoms with Crippen molar-refractivity contribution in [1.29, 1.82) is 0 Å². The fraction of sp³-hybridized carbons (Fsp3) is 1.00. The highest BCUT2D eigenvalue weighted by atomic mass is 16.3. The first-order valence-electron chi connectivity index (χ1n) is 14.7. The monoisotopic (exact) mass is 430 g/mol. The van der Waals surface area contributed by atoms with E-state index in [-0.39, 0.29) is 10.8 Å². The van der Waals surface area contributed by atoms with E-state index in [1.807, 2.05) is 0 Å². The summed E-state index contributed by atoms with van der Waals surface area (Å²) in [4.78, 5) is 0. The zero-order chi connectivity index (χ0) is 22.1. The van der Waals surface area contributed by atoms with Gasteiger partial charge in [-0.25, -0.2) is 0 Å². The molecule has 0 aromatic carbocycles. The Kier molecular flexibility index (Phi) is 7.23. The third kappa shape index (κ3) is 3.32. The standard InChI is InChI=1S/C30H54O/c1-4-26(18-10-7-11-19-26)29(27(5-2)20-12-8-13-21-27)24-16-17-25-30(29,31)28(6-3)22-14-9-15-23-28/h31H,4-25H2,1-3H3. The van der Waals surface area contributed by atoms with Crippen molar-refractivity contribution < 1.29 is 5.11 Å². The first kappa shape index (κ1) is 24.1. The number of rotatable bonds is 6. The molecular formula is C30H54O. The first-order valence-corrected chi connectivity index (χ1v) is 14.7. The predicted molar refractivity (Wildman–Crippen MR) is 133 cm³/mol. The van der Waals surface area contributed by atoms with Gasteiger partial charge >= 0.3 is 0 Å². The van der Waals surface area contributed by atoms with Crippen molar-refractivity contribution in [2.24, 2.45) is 21.7 Å². The molecule has 0 amide bonds. The highest BCUT2D eigenvalue weighted by Gasteiger charge is 2.73. The summed E-state index contributed by atoms with van der Waals surface area (Å²) < 4.78 is 0. The van der Waals surface area contributed by atoms with Crippen LogP contribution in [0.5, 0.6) is 0 Å². The lowest BCUT2D eigenvalue weighted by Gasteiger charge is -2.74. The van der Waals surface area contributed by atoms with E-state index in [0.29, 0.717) is 10.8 Å². The van der Waals surface area contributed by atoms with Crippen molar-refractivity contribution in [1.82, 2.24) is 0 Å². The van der Waals surface area contributed by atoms with Gasteiger partial charge in [-0.05, 0) is 86.9 Å². The molecule has 1 atom stereocenters. The minimum absolute atomic E-state index is 0.142. The van der Waals surface area contributed by atoms with Crippen molar-refractivity contribution in [3.05, 3.63) is 0 Å². The molecule has 4 rings (SSSR count). The zero-order valence-electron chi connectivity index (χ0n) is 21.5. The van der Waals surface area contributed by atoms with Gasteiger partial charge in [0.15, 0.2) is 0 Å². The van der Waals surface area contributed by atoms with E-state index < -0.39 is 5.60 Å². The number of hydrogen-bond donors (Lipinski definition) is 1. The smallest absolute Gasteiger partial charge is 0.0770 e. The molecule has 4 saturated carbocycles. The SMILES string of the molecule is CCC1(C2(O)CCCCC2(C2(CC)CCCCC2)C2(CC)CCCCC2)CCCCC1. The van der Waals surface area contributed by atoms with Crippen LogP contribution in [0.1, 0.15) is 162 Å². The second kappa shape index (κ2) is 9.31. The highest BCUT2D eigenvalue weighted by molar-refractivity contribution is 5.23. The molecule has 4 fully saturated rings. The van der Waals surface area contributed by atoms with Crippen LogP contribution in [0.15, 0.2) is 0 Å². The van der Waals surface area contributed by atoms with Gasteiger partial charge in [-0.3, -0.25) is 0 Å². The van der Waals surface area contributed by atoms with Gasteiger partial charge in [0, 0.05) is 5.41 Å². The number of hydrogen-bond acceptors (Lipinski definition) is 1. The lowest BCUT2D eigenvalue weighted by Crippen LogP contribution is -2.73. The normalized spacial score (nSPS) is 34.8. The van der Waals surface area contributed by atoms with Gasteiger partial charge in [-0.15, -0.1) is 0 Å². The molecule has 0 aliphatic heterocycles. The van der Waals surface area contributed by atoms with E-state index >= 15 is 0 Å². The van der Waals surface area contributed by atoms with Gasteiger partial charge in [0.1, 0.15) is 0 Å².